The normalized spacial score (nSPS) is 20.3. The van der Waals surface area contributed by atoms with Gasteiger partial charge < -0.3 is 10.4 Å². The van der Waals surface area contributed by atoms with Crippen LogP contribution in [0.1, 0.15) is 46.9 Å². The molecule has 0 bridgehead atoms. The van der Waals surface area contributed by atoms with Crippen molar-refractivity contribution >= 4 is 33.4 Å². The number of nitrogens with one attached hydrogen (secondary N) is 1. The van der Waals surface area contributed by atoms with Crippen molar-refractivity contribution in [2.24, 2.45) is 0 Å². The molecule has 0 spiro atoms. The van der Waals surface area contributed by atoms with Crippen LogP contribution in [-0.4, -0.2) is 21.6 Å². The van der Waals surface area contributed by atoms with E-state index in [1.807, 2.05) is 12.2 Å². The molecule has 4 nitrogen and oxygen atoms in total. The summed E-state index contributed by atoms with van der Waals surface area (Å²) in [6, 6.07) is 6.85. The molecule has 2 aromatic rings. The van der Waals surface area contributed by atoms with E-state index in [9.17, 15) is 23.1 Å². The Labute approximate surface area is 178 Å². The van der Waals surface area contributed by atoms with E-state index in [1.54, 1.807) is 24.3 Å². The zero-order valence-electron chi connectivity index (χ0n) is 15.0. The van der Waals surface area contributed by atoms with Gasteiger partial charge in [-0.3, -0.25) is 4.79 Å². The second-order valence-electron chi connectivity index (χ2n) is 6.80. The fourth-order valence-corrected chi connectivity index (χ4v) is 4.06. The molecule has 29 heavy (non-hydrogen) atoms. The number of amides is 1. The third kappa shape index (κ3) is 4.82. The second-order valence-corrected chi connectivity index (χ2v) is 8.09. The van der Waals surface area contributed by atoms with E-state index in [-0.39, 0.29) is 6.42 Å². The summed E-state index contributed by atoms with van der Waals surface area (Å²) in [6.45, 7) is 0. The van der Waals surface area contributed by atoms with Gasteiger partial charge in [-0.15, -0.1) is 0 Å². The van der Waals surface area contributed by atoms with Gasteiger partial charge >= 0.3 is 6.18 Å². The summed E-state index contributed by atoms with van der Waals surface area (Å²) in [4.78, 5) is 16.6. The van der Waals surface area contributed by atoms with Crippen LogP contribution >= 0.6 is 27.5 Å². The summed E-state index contributed by atoms with van der Waals surface area (Å²) in [5.74, 6) is -0.894. The lowest BCUT2D eigenvalue weighted by atomic mass is 9.79. The highest BCUT2D eigenvalue weighted by Crippen LogP contribution is 2.38. The minimum absolute atomic E-state index is 0.286. The number of rotatable bonds is 4. The van der Waals surface area contributed by atoms with Gasteiger partial charge in [0.25, 0.3) is 5.91 Å². The van der Waals surface area contributed by atoms with Crippen LogP contribution in [0.4, 0.5) is 13.2 Å². The van der Waals surface area contributed by atoms with Gasteiger partial charge in [-0.05, 0) is 43.0 Å². The third-order valence-electron chi connectivity index (χ3n) is 4.79. The van der Waals surface area contributed by atoms with Crippen LogP contribution in [0.3, 0.4) is 0 Å². The Morgan fingerprint density at radius 3 is 2.69 bits per heavy atom. The second kappa shape index (κ2) is 8.45. The highest BCUT2D eigenvalue weighted by molar-refractivity contribution is 9.10. The maximum atomic E-state index is 13.1. The lowest BCUT2D eigenvalue weighted by Gasteiger charge is -2.38. The molecule has 1 aromatic heterocycles. The Balaban J connectivity index is 1.99. The van der Waals surface area contributed by atoms with Crippen molar-refractivity contribution in [1.82, 2.24) is 10.3 Å². The predicted octanol–water partition coefficient (Wildman–Crippen LogP) is 5.46. The van der Waals surface area contributed by atoms with Crippen LogP contribution in [-0.2, 0) is 6.18 Å². The molecular formula is C20H17BrClF3N2O2. The Morgan fingerprint density at radius 1 is 1.31 bits per heavy atom. The van der Waals surface area contributed by atoms with Gasteiger partial charge in [0.2, 0.25) is 0 Å². The van der Waals surface area contributed by atoms with Crippen molar-refractivity contribution < 1.29 is 23.1 Å². The number of halogens is 5. The highest BCUT2D eigenvalue weighted by Gasteiger charge is 2.40. The summed E-state index contributed by atoms with van der Waals surface area (Å²) >= 11 is 9.20. The minimum atomic E-state index is -4.72. The monoisotopic (exact) mass is 488 g/mol. The maximum Gasteiger partial charge on any atom is 0.417 e. The molecule has 0 fully saturated rings. The van der Waals surface area contributed by atoms with E-state index in [4.69, 9.17) is 11.6 Å². The lowest BCUT2D eigenvalue weighted by molar-refractivity contribution is -0.137. The fraction of sp³-hybridized carbons (Fsp3) is 0.300. The number of hydrogen-bond donors (Lipinski definition) is 2. The largest absolute Gasteiger partial charge is 0.417 e. The van der Waals surface area contributed by atoms with Crippen LogP contribution in [0, 0.1) is 0 Å². The number of pyridine rings is 1. The molecule has 3 rings (SSSR count). The number of benzene rings is 1. The van der Waals surface area contributed by atoms with Crippen LogP contribution in [0.2, 0.25) is 5.02 Å². The zero-order valence-corrected chi connectivity index (χ0v) is 17.4. The van der Waals surface area contributed by atoms with Crippen molar-refractivity contribution in [1.29, 1.82) is 0 Å². The average Bonchev–Trinajstić information content (AvgIpc) is 2.65. The van der Waals surface area contributed by atoms with Crippen LogP contribution < -0.4 is 5.32 Å². The molecule has 1 aliphatic rings. The first-order valence-electron chi connectivity index (χ1n) is 8.77. The first-order valence-corrected chi connectivity index (χ1v) is 9.94. The van der Waals surface area contributed by atoms with Gasteiger partial charge in [0, 0.05) is 10.7 Å². The summed E-state index contributed by atoms with van der Waals surface area (Å²) in [6.07, 6.45) is 1.19. The smallest absolute Gasteiger partial charge is 0.387 e. The van der Waals surface area contributed by atoms with Crippen molar-refractivity contribution in [3.05, 3.63) is 75.0 Å². The van der Waals surface area contributed by atoms with Crippen molar-refractivity contribution in [2.45, 2.75) is 37.1 Å². The van der Waals surface area contributed by atoms with Gasteiger partial charge in [0.1, 0.15) is 5.69 Å². The van der Waals surface area contributed by atoms with Crippen molar-refractivity contribution in [3.8, 4) is 0 Å². The summed E-state index contributed by atoms with van der Waals surface area (Å²) in [5, 5.41) is 13.1. The standard InChI is InChI=1S/C20H17BrClF3N2O2/c21-13-6-4-5-12(11-13)17(19(29)8-2-1-3-9-19)27-18(28)16-15(22)14(7-10-26-16)20(23,24)25/h1-2,4-7,10-11,17,29H,3,8-9H2,(H,27,28). The Hall–Kier alpha value is -1.90. The molecule has 9 heteroatoms. The number of carbonyl (C=O) groups excluding carboxylic acids is 1. The highest BCUT2D eigenvalue weighted by atomic mass is 79.9. The molecule has 1 amide bonds. The van der Waals surface area contributed by atoms with E-state index in [1.165, 1.54) is 0 Å². The number of nitrogens with zero attached hydrogens (tertiary/aromatic N) is 1. The SMILES string of the molecule is O=C(NC(c1cccc(Br)c1)C1(O)CC=CCC1)c1nccc(C(F)(F)F)c1Cl. The molecule has 154 valence electrons. The average molecular weight is 490 g/mol. The van der Waals surface area contributed by atoms with Gasteiger partial charge in [0.05, 0.1) is 22.2 Å². The van der Waals surface area contributed by atoms with Crippen molar-refractivity contribution in [2.75, 3.05) is 0 Å². The quantitative estimate of drug-likeness (QED) is 0.561. The third-order valence-corrected chi connectivity index (χ3v) is 5.66. The van der Waals surface area contributed by atoms with Gasteiger partial charge in [-0.25, -0.2) is 4.98 Å². The molecule has 0 saturated carbocycles. The molecule has 1 aliphatic carbocycles. The fourth-order valence-electron chi connectivity index (χ4n) is 3.34. The van der Waals surface area contributed by atoms with Crippen LogP contribution in [0.5, 0.6) is 0 Å². The molecule has 0 saturated heterocycles. The number of allylic oxidation sites excluding steroid dienone is 1. The van der Waals surface area contributed by atoms with Gasteiger partial charge in [-0.2, -0.15) is 13.2 Å². The first kappa shape index (κ1) is 21.8. The van der Waals surface area contributed by atoms with Crippen LogP contribution in [0.15, 0.2) is 53.2 Å². The Kier molecular flexibility index (Phi) is 6.36. The molecule has 2 atom stereocenters. The molecule has 2 N–H and O–H groups in total. The number of aromatic nitrogens is 1. The van der Waals surface area contributed by atoms with Crippen LogP contribution in [0.25, 0.3) is 0 Å². The Morgan fingerprint density at radius 2 is 2.07 bits per heavy atom. The number of carbonyl (C=O) groups is 1. The zero-order chi connectivity index (χ0) is 21.2. The predicted molar refractivity (Wildman–Crippen MR) is 107 cm³/mol. The Bertz CT molecular complexity index is 952. The first-order chi connectivity index (χ1) is 13.6. The van der Waals surface area contributed by atoms with Crippen molar-refractivity contribution in [3.63, 3.8) is 0 Å². The summed E-state index contributed by atoms with van der Waals surface area (Å²) in [5.41, 5.74) is -2.39. The minimum Gasteiger partial charge on any atom is -0.387 e. The summed E-state index contributed by atoms with van der Waals surface area (Å²) < 4.78 is 40.1. The number of aliphatic hydroxyl groups is 1. The molecule has 0 radical (unpaired) electrons. The molecule has 1 aromatic carbocycles. The van der Waals surface area contributed by atoms with E-state index in [2.05, 4.69) is 26.2 Å². The maximum absolute atomic E-state index is 13.1. The van der Waals surface area contributed by atoms with E-state index in [0.29, 0.717) is 24.5 Å². The number of alkyl halides is 3. The topological polar surface area (TPSA) is 62.2 Å². The molecule has 2 unspecified atom stereocenters. The van der Waals surface area contributed by atoms with Gasteiger partial charge in [-0.1, -0.05) is 51.8 Å². The van der Waals surface area contributed by atoms with E-state index in [0.717, 1.165) is 10.7 Å². The van der Waals surface area contributed by atoms with E-state index >= 15 is 0 Å². The molecule has 1 heterocycles. The van der Waals surface area contributed by atoms with Gasteiger partial charge in [0.15, 0.2) is 0 Å². The number of hydrogen-bond acceptors (Lipinski definition) is 3. The molecule has 0 aliphatic heterocycles. The lowest BCUT2D eigenvalue weighted by Crippen LogP contribution is -2.47. The molecular weight excluding hydrogens is 473 g/mol. The van der Waals surface area contributed by atoms with E-state index < -0.39 is 40.0 Å². The summed E-state index contributed by atoms with van der Waals surface area (Å²) in [7, 11) is 0.